The van der Waals surface area contributed by atoms with Crippen molar-refractivity contribution in [2.24, 2.45) is 7.05 Å². The molecular formula is C25H31N5O4. The van der Waals surface area contributed by atoms with Gasteiger partial charge < -0.3 is 20.7 Å². The fraction of sp³-hybridized carbons (Fsp3) is 0.440. The normalized spacial score (nSPS) is 24.8. The number of aliphatic hydroxyl groups is 2. The number of ketones is 1. The quantitative estimate of drug-likeness (QED) is 0.473. The van der Waals surface area contributed by atoms with E-state index in [1.807, 2.05) is 20.9 Å². The maximum atomic E-state index is 13.3. The van der Waals surface area contributed by atoms with Crippen molar-refractivity contribution in [2.45, 2.75) is 63.9 Å². The second-order valence-electron chi connectivity index (χ2n) is 8.94. The standard InChI is InChI=1S/C25H31N5O4/c1-5-25(33)15(3)34-22(11-23(25)32)17-8-9-27-12-16(17)10-21(31)24-19(26)6-7-20(29-24)18-13-28-30(4)14(18)2/h6-9,12-13,15,22-23,32-33H,5,10-11,26H2,1-4H3/t15-,22-,23-,25-/m1/s1. The van der Waals surface area contributed by atoms with Gasteiger partial charge in [-0.2, -0.15) is 5.10 Å². The van der Waals surface area contributed by atoms with E-state index in [1.165, 1.54) is 0 Å². The van der Waals surface area contributed by atoms with Gasteiger partial charge in [-0.3, -0.25) is 14.5 Å². The number of aliphatic hydroxyl groups excluding tert-OH is 1. The highest BCUT2D eigenvalue weighted by Crippen LogP contribution is 2.39. The van der Waals surface area contributed by atoms with Crippen molar-refractivity contribution in [2.75, 3.05) is 5.73 Å². The zero-order valence-electron chi connectivity index (χ0n) is 19.9. The van der Waals surface area contributed by atoms with Gasteiger partial charge in [-0.1, -0.05) is 6.92 Å². The Morgan fingerprint density at radius 3 is 2.74 bits per heavy atom. The summed E-state index contributed by atoms with van der Waals surface area (Å²) < 4.78 is 7.84. The van der Waals surface area contributed by atoms with E-state index in [-0.39, 0.29) is 24.3 Å². The zero-order chi connectivity index (χ0) is 24.6. The molecule has 4 heterocycles. The summed E-state index contributed by atoms with van der Waals surface area (Å²) in [4.78, 5) is 22.0. The van der Waals surface area contributed by atoms with Crippen LogP contribution in [-0.2, 0) is 18.2 Å². The molecule has 3 aromatic rings. The average Bonchev–Trinajstić information content (AvgIpc) is 3.16. The Morgan fingerprint density at radius 2 is 2.09 bits per heavy atom. The number of nitrogen functional groups attached to an aromatic ring is 1. The van der Waals surface area contributed by atoms with Gasteiger partial charge in [-0.05, 0) is 49.6 Å². The van der Waals surface area contributed by atoms with E-state index in [9.17, 15) is 15.0 Å². The van der Waals surface area contributed by atoms with Crippen LogP contribution in [0.1, 0.15) is 60.1 Å². The summed E-state index contributed by atoms with van der Waals surface area (Å²) in [7, 11) is 1.85. The molecule has 0 bridgehead atoms. The highest BCUT2D eigenvalue weighted by molar-refractivity contribution is 6.00. The predicted molar refractivity (Wildman–Crippen MR) is 127 cm³/mol. The molecule has 4 N–H and O–H groups in total. The van der Waals surface area contributed by atoms with Crippen molar-refractivity contribution in [3.63, 3.8) is 0 Å². The van der Waals surface area contributed by atoms with Crippen LogP contribution in [0, 0.1) is 6.92 Å². The van der Waals surface area contributed by atoms with Crippen molar-refractivity contribution < 1.29 is 19.7 Å². The molecule has 0 saturated carbocycles. The number of carbonyl (C=O) groups excluding carboxylic acids is 1. The molecule has 9 nitrogen and oxygen atoms in total. The molecule has 3 aromatic heterocycles. The number of ether oxygens (including phenoxy) is 1. The fourth-order valence-corrected chi connectivity index (χ4v) is 4.57. The summed E-state index contributed by atoms with van der Waals surface area (Å²) in [5.74, 6) is -0.246. The van der Waals surface area contributed by atoms with E-state index in [4.69, 9.17) is 10.5 Å². The number of carbonyl (C=O) groups is 1. The van der Waals surface area contributed by atoms with Gasteiger partial charge in [0.25, 0.3) is 0 Å². The Labute approximate surface area is 198 Å². The number of rotatable bonds is 6. The van der Waals surface area contributed by atoms with Crippen molar-refractivity contribution >= 4 is 11.5 Å². The van der Waals surface area contributed by atoms with E-state index in [0.29, 0.717) is 23.4 Å². The van der Waals surface area contributed by atoms with Crippen molar-refractivity contribution in [1.29, 1.82) is 0 Å². The molecule has 0 amide bonds. The zero-order valence-corrected chi connectivity index (χ0v) is 19.9. The molecule has 1 aliphatic rings. The fourth-order valence-electron chi connectivity index (χ4n) is 4.57. The van der Waals surface area contributed by atoms with Crippen molar-refractivity contribution in [3.8, 4) is 11.3 Å². The minimum Gasteiger partial charge on any atom is -0.397 e. The number of aryl methyl sites for hydroxylation is 1. The molecule has 180 valence electrons. The molecule has 9 heteroatoms. The van der Waals surface area contributed by atoms with Crippen LogP contribution in [0.3, 0.4) is 0 Å². The number of hydrogen-bond donors (Lipinski definition) is 3. The largest absolute Gasteiger partial charge is 0.397 e. The number of hydrogen-bond acceptors (Lipinski definition) is 8. The topological polar surface area (TPSA) is 136 Å². The van der Waals surface area contributed by atoms with Gasteiger partial charge in [0.2, 0.25) is 0 Å². The second kappa shape index (κ2) is 9.25. The third-order valence-corrected chi connectivity index (χ3v) is 6.99. The number of Topliss-reactive ketones (excluding diaryl/α,β-unsaturated/α-hetero) is 1. The summed E-state index contributed by atoms with van der Waals surface area (Å²) in [6.07, 6.45) is 3.60. The maximum absolute atomic E-state index is 13.3. The van der Waals surface area contributed by atoms with Gasteiger partial charge in [0.05, 0.1) is 35.9 Å². The van der Waals surface area contributed by atoms with Gasteiger partial charge in [-0.15, -0.1) is 0 Å². The van der Waals surface area contributed by atoms with Gasteiger partial charge in [0.15, 0.2) is 5.78 Å². The highest BCUT2D eigenvalue weighted by Gasteiger charge is 2.47. The first-order valence-corrected chi connectivity index (χ1v) is 11.4. The first-order valence-electron chi connectivity index (χ1n) is 11.4. The summed E-state index contributed by atoms with van der Waals surface area (Å²) in [5.41, 5.74) is 9.12. The van der Waals surface area contributed by atoms with Gasteiger partial charge in [0.1, 0.15) is 11.3 Å². The molecule has 0 aromatic carbocycles. The monoisotopic (exact) mass is 465 g/mol. The Hall–Kier alpha value is -3.14. The Balaban J connectivity index is 1.61. The average molecular weight is 466 g/mol. The third kappa shape index (κ3) is 4.22. The lowest BCUT2D eigenvalue weighted by atomic mass is 9.81. The van der Waals surface area contributed by atoms with E-state index in [2.05, 4.69) is 15.1 Å². The second-order valence-corrected chi connectivity index (χ2v) is 8.94. The molecule has 0 spiro atoms. The van der Waals surface area contributed by atoms with Crippen LogP contribution >= 0.6 is 0 Å². The minimum atomic E-state index is -1.30. The maximum Gasteiger partial charge on any atom is 0.187 e. The van der Waals surface area contributed by atoms with Crippen LogP contribution in [0.15, 0.2) is 36.8 Å². The van der Waals surface area contributed by atoms with Crippen LogP contribution in [0.5, 0.6) is 0 Å². The Bertz CT molecular complexity index is 1200. The molecule has 1 aliphatic heterocycles. The molecule has 0 unspecified atom stereocenters. The lowest BCUT2D eigenvalue weighted by Crippen LogP contribution is -2.56. The minimum absolute atomic E-state index is 0.0260. The number of nitrogens with zero attached hydrogens (tertiary/aromatic N) is 4. The SMILES string of the molecule is CC[C@]1(O)[C@H](O)C[C@H](c2ccncc2CC(=O)c2nc(-c3cnn(C)c3C)ccc2N)O[C@@H]1C. The van der Waals surface area contributed by atoms with Crippen LogP contribution in [0.25, 0.3) is 11.3 Å². The van der Waals surface area contributed by atoms with E-state index < -0.39 is 23.9 Å². The lowest BCUT2D eigenvalue weighted by molar-refractivity contribution is -0.224. The molecule has 34 heavy (non-hydrogen) atoms. The Kier molecular flexibility index (Phi) is 6.53. The van der Waals surface area contributed by atoms with Gasteiger partial charge in [0, 0.05) is 43.5 Å². The van der Waals surface area contributed by atoms with E-state index in [1.54, 1.807) is 48.4 Å². The lowest BCUT2D eigenvalue weighted by Gasteiger charge is -2.45. The number of aromatic nitrogens is 4. The molecule has 4 atom stereocenters. The first kappa shape index (κ1) is 24.0. The van der Waals surface area contributed by atoms with Gasteiger partial charge in [-0.25, -0.2) is 4.98 Å². The Morgan fingerprint density at radius 1 is 1.32 bits per heavy atom. The van der Waals surface area contributed by atoms with E-state index >= 15 is 0 Å². The number of anilines is 1. The summed E-state index contributed by atoms with van der Waals surface area (Å²) in [6.45, 7) is 5.50. The summed E-state index contributed by atoms with van der Waals surface area (Å²) >= 11 is 0. The first-order chi connectivity index (χ1) is 16.2. The molecule has 0 aliphatic carbocycles. The summed E-state index contributed by atoms with van der Waals surface area (Å²) in [6, 6.07) is 5.24. The smallest absolute Gasteiger partial charge is 0.187 e. The molecule has 4 rings (SSSR count). The number of pyridine rings is 2. The van der Waals surface area contributed by atoms with Crippen molar-refractivity contribution in [3.05, 3.63) is 59.3 Å². The predicted octanol–water partition coefficient (Wildman–Crippen LogP) is 2.55. The molecule has 1 saturated heterocycles. The molecule has 1 fully saturated rings. The van der Waals surface area contributed by atoms with E-state index in [0.717, 1.165) is 16.8 Å². The third-order valence-electron chi connectivity index (χ3n) is 6.99. The van der Waals surface area contributed by atoms with Crippen molar-refractivity contribution in [1.82, 2.24) is 19.7 Å². The molecular weight excluding hydrogens is 434 g/mol. The number of nitrogens with two attached hydrogens (primary N) is 1. The van der Waals surface area contributed by atoms with Crippen LogP contribution < -0.4 is 5.73 Å². The van der Waals surface area contributed by atoms with Crippen LogP contribution in [-0.4, -0.2) is 53.6 Å². The summed E-state index contributed by atoms with van der Waals surface area (Å²) in [5, 5.41) is 25.6. The molecule has 0 radical (unpaired) electrons. The van der Waals surface area contributed by atoms with Crippen LogP contribution in [0.2, 0.25) is 0 Å². The van der Waals surface area contributed by atoms with Crippen LogP contribution in [0.4, 0.5) is 5.69 Å². The van der Waals surface area contributed by atoms with Gasteiger partial charge >= 0.3 is 0 Å². The highest BCUT2D eigenvalue weighted by atomic mass is 16.5.